The molecule has 66 valence electrons. The molecule has 0 bridgehead atoms. The number of aliphatic carboxylic acids is 1. The minimum Gasteiger partial charge on any atom is -0.478 e. The fraction of sp³-hybridized carbons (Fsp3) is 0.286. The smallest absolute Gasteiger partial charge is 0.378 e. The molecule has 0 saturated heterocycles. The van der Waals surface area contributed by atoms with Crippen LogP contribution >= 0.6 is 0 Å². The van der Waals surface area contributed by atoms with E-state index in [0.29, 0.717) is 6.08 Å². The number of carboxylic acid groups (broad SMARTS) is 1. The highest BCUT2D eigenvalue weighted by molar-refractivity contribution is 6.39. The van der Waals surface area contributed by atoms with E-state index < -0.39 is 17.7 Å². The lowest BCUT2D eigenvalue weighted by molar-refractivity contribution is -0.149. The van der Waals surface area contributed by atoms with E-state index in [1.54, 1.807) is 0 Å². The van der Waals surface area contributed by atoms with Crippen molar-refractivity contribution in [3.05, 3.63) is 11.6 Å². The topological polar surface area (TPSA) is 80.7 Å². The van der Waals surface area contributed by atoms with Crippen LogP contribution in [-0.4, -0.2) is 29.9 Å². The molecule has 0 saturated carbocycles. The lowest BCUT2D eigenvalue weighted by atomic mass is 10.2. The first-order valence-electron chi connectivity index (χ1n) is 3.03. The van der Waals surface area contributed by atoms with Crippen LogP contribution in [0.25, 0.3) is 0 Å². The number of hydrogen-bond acceptors (Lipinski definition) is 4. The zero-order chi connectivity index (χ0) is 9.72. The van der Waals surface area contributed by atoms with Crippen LogP contribution in [0.15, 0.2) is 11.6 Å². The van der Waals surface area contributed by atoms with Gasteiger partial charge in [-0.1, -0.05) is 0 Å². The maximum absolute atomic E-state index is 10.7. The number of esters is 1. The molecule has 0 spiro atoms. The molecule has 5 heteroatoms. The Hall–Kier alpha value is -1.65. The summed E-state index contributed by atoms with van der Waals surface area (Å²) in [6.07, 6.45) is 0.716. The van der Waals surface area contributed by atoms with Crippen LogP contribution in [0.1, 0.15) is 6.92 Å². The summed E-state index contributed by atoms with van der Waals surface area (Å²) in [5.74, 6) is -3.29. The summed E-state index contributed by atoms with van der Waals surface area (Å²) >= 11 is 0. The molecule has 0 aliphatic carbocycles. The van der Waals surface area contributed by atoms with E-state index in [0.717, 1.165) is 7.11 Å². The number of ketones is 1. The van der Waals surface area contributed by atoms with Crippen LogP contribution in [0.5, 0.6) is 0 Å². The van der Waals surface area contributed by atoms with Crippen LogP contribution in [0.4, 0.5) is 0 Å². The van der Waals surface area contributed by atoms with Gasteiger partial charge in [-0.2, -0.15) is 0 Å². The fourth-order valence-corrected chi connectivity index (χ4v) is 0.418. The van der Waals surface area contributed by atoms with Gasteiger partial charge in [-0.15, -0.1) is 0 Å². The van der Waals surface area contributed by atoms with Crippen molar-refractivity contribution in [1.82, 2.24) is 0 Å². The highest BCUT2D eigenvalue weighted by Crippen LogP contribution is 1.93. The third-order valence-corrected chi connectivity index (χ3v) is 1.07. The molecule has 0 fully saturated rings. The monoisotopic (exact) mass is 172 g/mol. The van der Waals surface area contributed by atoms with Crippen LogP contribution in [0.3, 0.4) is 0 Å². The van der Waals surface area contributed by atoms with Gasteiger partial charge in [0.1, 0.15) is 0 Å². The number of carboxylic acids is 1. The minimum absolute atomic E-state index is 0.203. The second kappa shape index (κ2) is 4.27. The van der Waals surface area contributed by atoms with Gasteiger partial charge in [0, 0.05) is 11.6 Å². The van der Waals surface area contributed by atoms with E-state index >= 15 is 0 Å². The Labute approximate surface area is 68.6 Å². The third-order valence-electron chi connectivity index (χ3n) is 1.07. The second-order valence-corrected chi connectivity index (χ2v) is 1.99. The van der Waals surface area contributed by atoms with Crippen molar-refractivity contribution < 1.29 is 24.2 Å². The van der Waals surface area contributed by atoms with Gasteiger partial charge in [-0.25, -0.2) is 9.59 Å². The Bertz CT molecular complexity index is 251. The van der Waals surface area contributed by atoms with Gasteiger partial charge < -0.3 is 9.84 Å². The first kappa shape index (κ1) is 10.3. The van der Waals surface area contributed by atoms with Gasteiger partial charge in [0.05, 0.1) is 7.11 Å². The molecule has 0 aromatic rings. The van der Waals surface area contributed by atoms with Crippen molar-refractivity contribution in [2.75, 3.05) is 7.11 Å². The summed E-state index contributed by atoms with van der Waals surface area (Å²) in [6, 6.07) is 0. The Morgan fingerprint density at radius 1 is 1.33 bits per heavy atom. The summed E-state index contributed by atoms with van der Waals surface area (Å²) in [6.45, 7) is 1.21. The number of methoxy groups -OCH3 is 1. The number of hydrogen-bond donors (Lipinski definition) is 1. The predicted molar refractivity (Wildman–Crippen MR) is 38.4 cm³/mol. The Balaban J connectivity index is 4.44. The fourth-order valence-electron chi connectivity index (χ4n) is 0.418. The largest absolute Gasteiger partial charge is 0.478 e. The first-order valence-corrected chi connectivity index (χ1v) is 3.03. The molecule has 0 radical (unpaired) electrons. The van der Waals surface area contributed by atoms with E-state index in [1.165, 1.54) is 6.92 Å². The molecule has 0 aromatic carbocycles. The molecule has 0 heterocycles. The normalized spacial score (nSPS) is 10.7. The highest BCUT2D eigenvalue weighted by atomic mass is 16.5. The predicted octanol–water partition coefficient (Wildman–Crippen LogP) is -0.241. The van der Waals surface area contributed by atoms with E-state index in [1.807, 2.05) is 0 Å². The zero-order valence-corrected chi connectivity index (χ0v) is 6.66. The first-order chi connectivity index (χ1) is 5.49. The Morgan fingerprint density at radius 3 is 2.17 bits per heavy atom. The maximum atomic E-state index is 10.7. The summed E-state index contributed by atoms with van der Waals surface area (Å²) in [5.41, 5.74) is -0.203. The van der Waals surface area contributed by atoms with Crippen LogP contribution in [0, 0.1) is 0 Å². The van der Waals surface area contributed by atoms with Gasteiger partial charge in [-0.3, -0.25) is 4.79 Å². The Morgan fingerprint density at radius 2 is 1.83 bits per heavy atom. The molecule has 0 rings (SSSR count). The minimum atomic E-state index is -1.24. The third kappa shape index (κ3) is 2.96. The van der Waals surface area contributed by atoms with Crippen molar-refractivity contribution >= 4 is 17.7 Å². The molecule has 0 amide bonds. The number of ether oxygens (including phenoxy) is 1. The van der Waals surface area contributed by atoms with Gasteiger partial charge in [0.25, 0.3) is 5.78 Å². The molecular formula is C7H8O5. The van der Waals surface area contributed by atoms with Crippen molar-refractivity contribution in [3.63, 3.8) is 0 Å². The van der Waals surface area contributed by atoms with Crippen LogP contribution < -0.4 is 0 Å². The molecule has 0 aromatic heterocycles. The van der Waals surface area contributed by atoms with Crippen molar-refractivity contribution in [2.45, 2.75) is 6.92 Å². The average molecular weight is 172 g/mol. The standard InChI is InChI=1S/C7H8O5/c1-4(6(9)10)3-5(8)7(11)12-2/h3H,1-2H3,(H,9,10). The molecule has 5 nitrogen and oxygen atoms in total. The van der Waals surface area contributed by atoms with Crippen LogP contribution in [0.2, 0.25) is 0 Å². The molecule has 0 unspecified atom stereocenters. The molecule has 0 aliphatic rings. The lowest BCUT2D eigenvalue weighted by Crippen LogP contribution is -2.14. The average Bonchev–Trinajstić information content (AvgIpc) is 2.02. The van der Waals surface area contributed by atoms with E-state index in [-0.39, 0.29) is 5.57 Å². The molecular weight excluding hydrogens is 164 g/mol. The van der Waals surface area contributed by atoms with Gasteiger partial charge in [-0.05, 0) is 6.92 Å². The summed E-state index contributed by atoms with van der Waals surface area (Å²) in [5, 5.41) is 8.31. The Kier molecular flexibility index (Phi) is 3.69. The SMILES string of the molecule is COC(=O)C(=O)C=C(C)C(=O)O. The van der Waals surface area contributed by atoms with Gasteiger partial charge >= 0.3 is 11.9 Å². The molecule has 0 atom stereocenters. The summed E-state index contributed by atoms with van der Waals surface area (Å²) in [7, 11) is 1.05. The molecule has 0 aliphatic heterocycles. The van der Waals surface area contributed by atoms with E-state index in [2.05, 4.69) is 4.74 Å². The van der Waals surface area contributed by atoms with E-state index in [4.69, 9.17) is 5.11 Å². The van der Waals surface area contributed by atoms with Gasteiger partial charge in [0.2, 0.25) is 0 Å². The van der Waals surface area contributed by atoms with Gasteiger partial charge in [0.15, 0.2) is 0 Å². The highest BCUT2D eigenvalue weighted by Gasteiger charge is 2.12. The molecule has 1 N–H and O–H groups in total. The van der Waals surface area contributed by atoms with Crippen molar-refractivity contribution in [1.29, 1.82) is 0 Å². The summed E-state index contributed by atoms with van der Waals surface area (Å²) < 4.78 is 4.07. The number of rotatable bonds is 3. The number of carbonyl (C=O) groups excluding carboxylic acids is 2. The molecule has 12 heavy (non-hydrogen) atoms. The second-order valence-electron chi connectivity index (χ2n) is 1.99. The quantitative estimate of drug-likeness (QED) is 0.361. The summed E-state index contributed by atoms with van der Waals surface area (Å²) in [4.78, 5) is 31.3. The van der Waals surface area contributed by atoms with E-state index in [9.17, 15) is 14.4 Å². The van der Waals surface area contributed by atoms with Crippen molar-refractivity contribution in [3.8, 4) is 0 Å². The zero-order valence-electron chi connectivity index (χ0n) is 6.66. The number of carbonyl (C=O) groups is 3. The lowest BCUT2D eigenvalue weighted by Gasteiger charge is -1.93. The maximum Gasteiger partial charge on any atom is 0.378 e. The van der Waals surface area contributed by atoms with Crippen LogP contribution in [-0.2, 0) is 19.1 Å². The van der Waals surface area contributed by atoms with Crippen molar-refractivity contribution in [2.24, 2.45) is 0 Å².